The molecule has 0 saturated heterocycles. The van der Waals surface area contributed by atoms with E-state index in [9.17, 15) is 20.0 Å². The average molecular weight is 359 g/mol. The van der Waals surface area contributed by atoms with Crippen molar-refractivity contribution in [3.05, 3.63) is 70.8 Å². The van der Waals surface area contributed by atoms with Gasteiger partial charge in [0, 0.05) is 12.1 Å². The summed E-state index contributed by atoms with van der Waals surface area (Å²) >= 11 is 0. The van der Waals surface area contributed by atoms with Gasteiger partial charge >= 0.3 is 5.97 Å². The van der Waals surface area contributed by atoms with Crippen LogP contribution in [0.4, 0.5) is 0 Å². The van der Waals surface area contributed by atoms with Crippen LogP contribution in [0.3, 0.4) is 0 Å². The van der Waals surface area contributed by atoms with Crippen molar-refractivity contribution in [2.24, 2.45) is 11.8 Å². The number of rotatable bonds is 2. The quantitative estimate of drug-likeness (QED) is 0.884. The smallest absolute Gasteiger partial charge is 0.335 e. The van der Waals surface area contributed by atoms with Crippen LogP contribution in [0.2, 0.25) is 0 Å². The number of carbonyl (C=O) groups excluding carboxylic acids is 1. The van der Waals surface area contributed by atoms with Crippen LogP contribution in [0.1, 0.15) is 40.5 Å². The van der Waals surface area contributed by atoms with Crippen LogP contribution in [0.5, 0.6) is 0 Å². The fourth-order valence-electron chi connectivity index (χ4n) is 4.61. The van der Waals surface area contributed by atoms with Crippen LogP contribution >= 0.6 is 0 Å². The summed E-state index contributed by atoms with van der Waals surface area (Å²) in [6.07, 6.45) is 6.41. The number of Topliss-reactive ketones (excluding diaryl/α,β-unsaturated/α-hetero) is 1. The van der Waals surface area contributed by atoms with Gasteiger partial charge in [-0.2, -0.15) is 5.26 Å². The number of carboxylic acid groups (broad SMARTS) is 1. The molecule has 27 heavy (non-hydrogen) atoms. The molecule has 0 saturated carbocycles. The summed E-state index contributed by atoms with van der Waals surface area (Å²) in [4.78, 5) is 32.8. The Morgan fingerprint density at radius 3 is 2.96 bits per heavy atom. The van der Waals surface area contributed by atoms with Gasteiger partial charge in [0.25, 0.3) is 0 Å². The Bertz CT molecular complexity index is 1040. The number of aromatic nitrogens is 2. The van der Waals surface area contributed by atoms with E-state index in [-0.39, 0.29) is 28.8 Å². The number of fused-ring (bicyclic) bond motifs is 3. The van der Waals surface area contributed by atoms with Gasteiger partial charge < -0.3 is 5.11 Å². The van der Waals surface area contributed by atoms with E-state index in [2.05, 4.69) is 9.97 Å². The summed E-state index contributed by atoms with van der Waals surface area (Å²) in [6, 6.07) is 8.74. The van der Waals surface area contributed by atoms with Crippen molar-refractivity contribution in [3.63, 3.8) is 0 Å². The lowest BCUT2D eigenvalue weighted by molar-refractivity contribution is -0.121. The minimum absolute atomic E-state index is 0.103. The number of aryl methyl sites for hydroxylation is 1. The zero-order valence-corrected chi connectivity index (χ0v) is 14.7. The third-order valence-corrected chi connectivity index (χ3v) is 5.85. The fourth-order valence-corrected chi connectivity index (χ4v) is 4.61. The predicted molar refractivity (Wildman–Crippen MR) is 95.9 cm³/mol. The number of nitrogens with zero attached hydrogens (tertiary/aromatic N) is 3. The molecule has 0 bridgehead atoms. The number of hydrogen-bond donors (Lipinski definition) is 1. The number of ketones is 1. The van der Waals surface area contributed by atoms with Crippen molar-refractivity contribution in [2.75, 3.05) is 0 Å². The van der Waals surface area contributed by atoms with Crippen molar-refractivity contribution in [2.45, 2.75) is 25.2 Å². The Balaban J connectivity index is 2.09. The van der Waals surface area contributed by atoms with Gasteiger partial charge in [-0.15, -0.1) is 0 Å². The first-order chi connectivity index (χ1) is 13.0. The number of carboxylic acids is 1. The molecule has 1 aromatic carbocycles. The highest BCUT2D eigenvalue weighted by Gasteiger charge is 2.52. The normalized spacial score (nSPS) is 26.4. The summed E-state index contributed by atoms with van der Waals surface area (Å²) in [5.41, 5.74) is 1.90. The second kappa shape index (κ2) is 6.13. The molecule has 0 radical (unpaired) electrons. The first-order valence-electron chi connectivity index (χ1n) is 8.79. The number of benzene rings is 1. The molecule has 134 valence electrons. The van der Waals surface area contributed by atoms with Crippen molar-refractivity contribution < 1.29 is 14.7 Å². The van der Waals surface area contributed by atoms with E-state index in [1.54, 1.807) is 24.4 Å². The number of aromatic carboxylic acids is 1. The molecule has 0 spiro atoms. The molecule has 1 N–H and O–H groups in total. The zero-order chi connectivity index (χ0) is 19.2. The molecule has 0 fully saturated rings. The first-order valence-corrected chi connectivity index (χ1v) is 8.79. The Labute approximate surface area is 156 Å². The molecule has 0 aliphatic heterocycles. The first kappa shape index (κ1) is 17.1. The number of carbonyl (C=O) groups is 2. The molecule has 6 nitrogen and oxygen atoms in total. The van der Waals surface area contributed by atoms with Gasteiger partial charge in [-0.3, -0.25) is 4.79 Å². The van der Waals surface area contributed by atoms with E-state index in [4.69, 9.17) is 0 Å². The molecule has 2 aliphatic carbocycles. The number of allylic oxidation sites excluding steroid dienone is 2. The molecule has 4 rings (SSSR count). The van der Waals surface area contributed by atoms with Crippen molar-refractivity contribution in [1.29, 1.82) is 5.26 Å². The van der Waals surface area contributed by atoms with Gasteiger partial charge in [-0.05, 0) is 48.1 Å². The maximum Gasteiger partial charge on any atom is 0.335 e. The van der Waals surface area contributed by atoms with E-state index < -0.39 is 11.4 Å². The molecule has 6 heteroatoms. The number of hydrogen-bond acceptors (Lipinski definition) is 5. The lowest BCUT2D eigenvalue weighted by Gasteiger charge is -2.47. The summed E-state index contributed by atoms with van der Waals surface area (Å²) in [5, 5.41) is 19.0. The third kappa shape index (κ3) is 2.39. The van der Waals surface area contributed by atoms with Crippen molar-refractivity contribution >= 4 is 11.8 Å². The molecular formula is C21H17N3O3. The molecule has 1 aromatic heterocycles. The molecule has 3 atom stereocenters. The second-order valence-corrected chi connectivity index (χ2v) is 7.12. The van der Waals surface area contributed by atoms with Gasteiger partial charge in [0.2, 0.25) is 0 Å². The van der Waals surface area contributed by atoms with Crippen LogP contribution in [0.25, 0.3) is 0 Å². The highest BCUT2D eigenvalue weighted by atomic mass is 16.4. The van der Waals surface area contributed by atoms with E-state index in [1.807, 2.05) is 19.1 Å². The van der Waals surface area contributed by atoms with E-state index in [0.717, 1.165) is 29.7 Å². The minimum Gasteiger partial charge on any atom is -0.478 e. The standard InChI is InChI=1S/C21H17N3O3/c1-12-17-6-5-14-10-23-11-24-19(14)21(17,8-15(9-22)18(12)25)16-4-2-3-13(7-16)20(26)27/h2-4,7-8,10-12,17H,5-6H2,1H3,(H,26,27)/t12-,17-,21?/m0/s1. The van der Waals surface area contributed by atoms with Crippen molar-refractivity contribution in [1.82, 2.24) is 9.97 Å². The Hall–Kier alpha value is -3.33. The highest BCUT2D eigenvalue weighted by molar-refractivity contribution is 6.02. The lowest BCUT2D eigenvalue weighted by atomic mass is 9.54. The molecule has 2 aliphatic rings. The zero-order valence-electron chi connectivity index (χ0n) is 14.7. The van der Waals surface area contributed by atoms with E-state index in [1.165, 1.54) is 12.4 Å². The average Bonchev–Trinajstić information content (AvgIpc) is 2.70. The van der Waals surface area contributed by atoms with Gasteiger partial charge in [-0.25, -0.2) is 14.8 Å². The van der Waals surface area contributed by atoms with Gasteiger partial charge in [0.15, 0.2) is 5.78 Å². The summed E-state index contributed by atoms with van der Waals surface area (Å²) in [6.45, 7) is 1.85. The minimum atomic E-state index is -1.02. The van der Waals surface area contributed by atoms with Crippen LogP contribution in [0, 0.1) is 23.2 Å². The molecule has 2 aromatic rings. The Morgan fingerprint density at radius 1 is 1.41 bits per heavy atom. The van der Waals surface area contributed by atoms with Crippen LogP contribution < -0.4 is 0 Å². The largest absolute Gasteiger partial charge is 0.478 e. The summed E-state index contributed by atoms with van der Waals surface area (Å²) < 4.78 is 0. The Kier molecular flexibility index (Phi) is 3.88. The van der Waals surface area contributed by atoms with Crippen molar-refractivity contribution in [3.8, 4) is 6.07 Å². The van der Waals surface area contributed by atoms with E-state index in [0.29, 0.717) is 0 Å². The fraction of sp³-hybridized carbons (Fsp3) is 0.286. The number of nitriles is 1. The summed E-state index contributed by atoms with van der Waals surface area (Å²) in [7, 11) is 0. The molecular weight excluding hydrogens is 342 g/mol. The molecule has 0 amide bonds. The summed E-state index contributed by atoms with van der Waals surface area (Å²) in [5.74, 6) is -1.65. The highest BCUT2D eigenvalue weighted by Crippen LogP contribution is 2.52. The Morgan fingerprint density at radius 2 is 2.22 bits per heavy atom. The maximum atomic E-state index is 12.7. The third-order valence-electron chi connectivity index (χ3n) is 5.85. The van der Waals surface area contributed by atoms with Gasteiger partial charge in [-0.1, -0.05) is 19.1 Å². The molecule has 1 heterocycles. The van der Waals surface area contributed by atoms with Gasteiger partial charge in [0.1, 0.15) is 12.4 Å². The van der Waals surface area contributed by atoms with Gasteiger partial charge in [0.05, 0.1) is 22.2 Å². The topological polar surface area (TPSA) is 104 Å². The SMILES string of the molecule is C[C@@H]1C(=O)C(C#N)=CC2(c3cccc(C(=O)O)c3)c3ncncc3CC[C@@H]12. The molecule has 1 unspecified atom stereocenters. The van der Waals surface area contributed by atoms with Crippen LogP contribution in [0.15, 0.2) is 48.4 Å². The monoisotopic (exact) mass is 359 g/mol. The van der Waals surface area contributed by atoms with Crippen LogP contribution in [-0.2, 0) is 16.6 Å². The lowest BCUT2D eigenvalue weighted by Crippen LogP contribution is -2.48. The second-order valence-electron chi connectivity index (χ2n) is 7.12. The van der Waals surface area contributed by atoms with E-state index >= 15 is 0 Å². The predicted octanol–water partition coefficient (Wildman–Crippen LogP) is 2.69. The maximum absolute atomic E-state index is 12.7. The van der Waals surface area contributed by atoms with Crippen LogP contribution in [-0.4, -0.2) is 26.8 Å².